The summed E-state index contributed by atoms with van der Waals surface area (Å²) in [5, 5.41) is 0. The van der Waals surface area contributed by atoms with Crippen LogP contribution in [-0.4, -0.2) is 61.3 Å². The molecule has 2 aliphatic rings. The molecule has 1 saturated heterocycles. The highest BCUT2D eigenvalue weighted by atomic mass is 16.5. The Bertz CT molecular complexity index is 1390. The smallest absolute Gasteiger partial charge is 0.305 e. The molecule has 5 heterocycles. The van der Waals surface area contributed by atoms with Gasteiger partial charge in [-0.1, -0.05) is 19.1 Å². The van der Waals surface area contributed by atoms with Crippen LogP contribution in [0.1, 0.15) is 12.7 Å². The highest BCUT2D eigenvalue weighted by molar-refractivity contribution is 5.94. The molecule has 3 aromatic heterocycles. The van der Waals surface area contributed by atoms with E-state index in [1.807, 2.05) is 40.4 Å². The molecule has 2 aliphatic heterocycles. The molecule has 0 unspecified atom stereocenters. The Kier molecular flexibility index (Phi) is 4.39. The van der Waals surface area contributed by atoms with Gasteiger partial charge in [-0.15, -0.1) is 0 Å². The Morgan fingerprint density at radius 2 is 1.88 bits per heavy atom. The van der Waals surface area contributed by atoms with Gasteiger partial charge in [0.1, 0.15) is 5.82 Å². The van der Waals surface area contributed by atoms with E-state index in [1.54, 1.807) is 12.3 Å². The Balaban J connectivity index is 1.58. The van der Waals surface area contributed by atoms with Gasteiger partial charge in [0.25, 0.3) is 0 Å². The van der Waals surface area contributed by atoms with E-state index < -0.39 is 0 Å². The number of hydrogen-bond acceptors (Lipinski definition) is 8. The maximum atomic E-state index is 5.84. The molecule has 0 spiro atoms. The number of hydrogen-bond donors (Lipinski definition) is 0. The number of aliphatic imine (C=N–C) groups is 1. The topological polar surface area (TPSA) is 95.5 Å². The van der Waals surface area contributed by atoms with E-state index in [2.05, 4.69) is 16.8 Å². The lowest BCUT2D eigenvalue weighted by Crippen LogP contribution is -2.37. The SMILES string of the molecule is CCc1nc2ccccc2n1-c1nc(N2CCOCC2)c2nc(OC3=NC=C3)n(C)c2n1. The minimum Gasteiger partial charge on any atom is -0.406 e. The van der Waals surface area contributed by atoms with Gasteiger partial charge in [0, 0.05) is 38.8 Å². The summed E-state index contributed by atoms with van der Waals surface area (Å²) in [5.74, 6) is 2.77. The van der Waals surface area contributed by atoms with Gasteiger partial charge in [0.2, 0.25) is 11.8 Å². The van der Waals surface area contributed by atoms with Crippen LogP contribution in [0.5, 0.6) is 6.01 Å². The number of anilines is 1. The molecule has 6 rings (SSSR count). The zero-order chi connectivity index (χ0) is 21.7. The van der Waals surface area contributed by atoms with Crippen LogP contribution in [0.15, 0.2) is 41.5 Å². The molecule has 0 bridgehead atoms. The number of ether oxygens (including phenoxy) is 2. The van der Waals surface area contributed by atoms with Gasteiger partial charge < -0.3 is 14.4 Å². The van der Waals surface area contributed by atoms with E-state index >= 15 is 0 Å². The maximum Gasteiger partial charge on any atom is 0.305 e. The number of benzene rings is 1. The third-order valence-corrected chi connectivity index (χ3v) is 5.72. The quantitative estimate of drug-likeness (QED) is 0.491. The second-order valence-corrected chi connectivity index (χ2v) is 7.66. The Morgan fingerprint density at radius 3 is 2.62 bits per heavy atom. The highest BCUT2D eigenvalue weighted by Crippen LogP contribution is 2.30. The van der Waals surface area contributed by atoms with Gasteiger partial charge in [-0.2, -0.15) is 15.0 Å². The molecule has 0 atom stereocenters. The molecule has 10 nitrogen and oxygen atoms in total. The molecule has 0 radical (unpaired) electrons. The first-order valence-corrected chi connectivity index (χ1v) is 10.7. The van der Waals surface area contributed by atoms with Crippen molar-refractivity contribution in [3.63, 3.8) is 0 Å². The second-order valence-electron chi connectivity index (χ2n) is 7.66. The summed E-state index contributed by atoms with van der Waals surface area (Å²) < 4.78 is 15.3. The largest absolute Gasteiger partial charge is 0.406 e. The first-order valence-electron chi connectivity index (χ1n) is 10.7. The van der Waals surface area contributed by atoms with Crippen LogP contribution in [0.2, 0.25) is 0 Å². The Hall–Kier alpha value is -3.79. The van der Waals surface area contributed by atoms with Crippen LogP contribution in [-0.2, 0) is 18.2 Å². The molecule has 10 heteroatoms. The van der Waals surface area contributed by atoms with E-state index in [0.29, 0.717) is 42.2 Å². The monoisotopic (exact) mass is 430 g/mol. The fourth-order valence-corrected chi connectivity index (χ4v) is 4.03. The number of para-hydroxylation sites is 2. The van der Waals surface area contributed by atoms with Crippen molar-refractivity contribution in [1.82, 2.24) is 29.1 Å². The first kappa shape index (κ1) is 18.9. The lowest BCUT2D eigenvalue weighted by molar-refractivity contribution is 0.122. The normalized spacial score (nSPS) is 15.9. The summed E-state index contributed by atoms with van der Waals surface area (Å²) >= 11 is 0. The van der Waals surface area contributed by atoms with Crippen molar-refractivity contribution >= 4 is 33.9 Å². The number of aryl methyl sites for hydroxylation is 2. The van der Waals surface area contributed by atoms with Crippen molar-refractivity contribution in [3.8, 4) is 12.0 Å². The summed E-state index contributed by atoms with van der Waals surface area (Å²) in [6.07, 6.45) is 4.24. The van der Waals surface area contributed by atoms with Crippen LogP contribution in [0.4, 0.5) is 5.82 Å². The van der Waals surface area contributed by atoms with Crippen LogP contribution in [0, 0.1) is 0 Å². The average Bonchev–Trinajstić information content (AvgIpc) is 3.34. The van der Waals surface area contributed by atoms with Crippen LogP contribution < -0.4 is 9.64 Å². The van der Waals surface area contributed by atoms with E-state index in [1.165, 1.54) is 0 Å². The van der Waals surface area contributed by atoms with Crippen molar-refractivity contribution in [1.29, 1.82) is 0 Å². The molecule has 0 N–H and O–H groups in total. The third kappa shape index (κ3) is 2.94. The highest BCUT2D eigenvalue weighted by Gasteiger charge is 2.25. The average molecular weight is 430 g/mol. The summed E-state index contributed by atoms with van der Waals surface area (Å²) in [4.78, 5) is 25.7. The van der Waals surface area contributed by atoms with Crippen molar-refractivity contribution in [2.75, 3.05) is 31.2 Å². The molecule has 162 valence electrons. The molecule has 1 fully saturated rings. The third-order valence-electron chi connectivity index (χ3n) is 5.72. The van der Waals surface area contributed by atoms with Gasteiger partial charge in [0.05, 0.1) is 24.2 Å². The van der Waals surface area contributed by atoms with E-state index in [9.17, 15) is 0 Å². The Labute approximate surface area is 183 Å². The number of morpholine rings is 1. The van der Waals surface area contributed by atoms with Crippen molar-refractivity contribution in [2.45, 2.75) is 13.3 Å². The maximum absolute atomic E-state index is 5.84. The van der Waals surface area contributed by atoms with Crippen LogP contribution in [0.25, 0.3) is 28.1 Å². The molecule has 0 aliphatic carbocycles. The molecule has 4 aromatic rings. The summed E-state index contributed by atoms with van der Waals surface area (Å²) in [5.41, 5.74) is 3.28. The molecular formula is C22H22N8O2. The van der Waals surface area contributed by atoms with Gasteiger partial charge >= 0.3 is 6.01 Å². The minimum atomic E-state index is 0.426. The van der Waals surface area contributed by atoms with Crippen molar-refractivity contribution in [3.05, 3.63) is 42.4 Å². The zero-order valence-corrected chi connectivity index (χ0v) is 17.9. The van der Waals surface area contributed by atoms with Gasteiger partial charge in [-0.25, -0.2) is 9.98 Å². The zero-order valence-electron chi connectivity index (χ0n) is 17.9. The Morgan fingerprint density at radius 1 is 1.06 bits per heavy atom. The summed E-state index contributed by atoms with van der Waals surface area (Å²) in [7, 11) is 1.89. The predicted molar refractivity (Wildman–Crippen MR) is 121 cm³/mol. The molecule has 1 aromatic carbocycles. The van der Waals surface area contributed by atoms with E-state index in [-0.39, 0.29) is 0 Å². The lowest BCUT2D eigenvalue weighted by Gasteiger charge is -2.28. The van der Waals surface area contributed by atoms with E-state index in [4.69, 9.17) is 29.4 Å². The standard InChI is InChI=1S/C22H22N8O2/c1-3-16-24-14-6-4-5-7-15(14)30(16)21-26-19-18(20(27-21)29-10-12-31-13-11-29)25-22(28(19)2)32-17-8-9-23-17/h4-9H,3,10-13H2,1-2H3. The molecule has 0 amide bonds. The number of rotatable bonds is 4. The second kappa shape index (κ2) is 7.41. The van der Waals surface area contributed by atoms with Gasteiger partial charge in [-0.05, 0) is 12.1 Å². The summed E-state index contributed by atoms with van der Waals surface area (Å²) in [6.45, 7) is 4.85. The number of fused-ring (bicyclic) bond motifs is 2. The number of nitrogens with zero attached hydrogens (tertiary/aromatic N) is 8. The molecular weight excluding hydrogens is 408 g/mol. The fourth-order valence-electron chi connectivity index (χ4n) is 4.03. The first-order chi connectivity index (χ1) is 15.7. The molecule has 32 heavy (non-hydrogen) atoms. The van der Waals surface area contributed by atoms with Crippen LogP contribution in [0.3, 0.4) is 0 Å². The summed E-state index contributed by atoms with van der Waals surface area (Å²) in [6, 6.07) is 8.47. The fraction of sp³-hybridized carbons (Fsp3) is 0.318. The predicted octanol–water partition coefficient (Wildman–Crippen LogP) is 2.41. The number of imidazole rings is 2. The number of aromatic nitrogens is 6. The van der Waals surface area contributed by atoms with Gasteiger partial charge in [0.15, 0.2) is 17.0 Å². The van der Waals surface area contributed by atoms with Crippen LogP contribution >= 0.6 is 0 Å². The van der Waals surface area contributed by atoms with E-state index in [0.717, 1.165) is 42.2 Å². The van der Waals surface area contributed by atoms with Crippen molar-refractivity contribution < 1.29 is 9.47 Å². The lowest BCUT2D eigenvalue weighted by atomic mass is 10.3. The van der Waals surface area contributed by atoms with Gasteiger partial charge in [-0.3, -0.25) is 9.13 Å². The van der Waals surface area contributed by atoms with Crippen molar-refractivity contribution in [2.24, 2.45) is 12.0 Å². The minimum absolute atomic E-state index is 0.426. The molecule has 0 saturated carbocycles.